The predicted molar refractivity (Wildman–Crippen MR) is 56.6 cm³/mol. The van der Waals surface area contributed by atoms with Gasteiger partial charge in [0, 0.05) is 0 Å². The molecule has 0 amide bonds. The van der Waals surface area contributed by atoms with Gasteiger partial charge in [-0.1, -0.05) is 17.7 Å². The van der Waals surface area contributed by atoms with Gasteiger partial charge in [-0.25, -0.2) is 0 Å². The lowest BCUT2D eigenvalue weighted by atomic mass is 10.0. The van der Waals surface area contributed by atoms with Gasteiger partial charge in [0.25, 0.3) is 0 Å². The maximum atomic E-state index is 9.76. The number of aliphatic hydroxyl groups excluding tert-OH is 1. The summed E-state index contributed by atoms with van der Waals surface area (Å²) in [6, 6.07) is 0. The van der Waals surface area contributed by atoms with E-state index in [1.807, 2.05) is 0 Å². The van der Waals surface area contributed by atoms with Crippen LogP contribution in [0.3, 0.4) is 0 Å². The van der Waals surface area contributed by atoms with Gasteiger partial charge in [-0.2, -0.15) is 0 Å². The molecule has 0 aliphatic heterocycles. The van der Waals surface area contributed by atoms with Crippen LogP contribution in [0, 0.1) is 0 Å². The average molecular weight is 180 g/mol. The van der Waals surface area contributed by atoms with Crippen molar-refractivity contribution in [2.75, 3.05) is 0 Å². The summed E-state index contributed by atoms with van der Waals surface area (Å²) < 4.78 is 0. The monoisotopic (exact) mass is 180 g/mol. The first kappa shape index (κ1) is 10.5. The lowest BCUT2D eigenvalue weighted by Gasteiger charge is -2.10. The second-order valence-electron chi connectivity index (χ2n) is 4.05. The molecule has 1 unspecified atom stereocenters. The lowest BCUT2D eigenvalue weighted by molar-refractivity contribution is 0.199. The Hall–Kier alpha value is -0.560. The van der Waals surface area contributed by atoms with Crippen LogP contribution in [0.25, 0.3) is 0 Å². The van der Waals surface area contributed by atoms with Crippen molar-refractivity contribution in [2.45, 2.75) is 52.1 Å². The van der Waals surface area contributed by atoms with Crippen LogP contribution in [-0.4, -0.2) is 11.2 Å². The summed E-state index contributed by atoms with van der Waals surface area (Å²) in [7, 11) is 0. The summed E-state index contributed by atoms with van der Waals surface area (Å²) in [6.07, 6.45) is 9.60. The van der Waals surface area contributed by atoms with Crippen molar-refractivity contribution in [1.82, 2.24) is 0 Å². The third-order valence-corrected chi connectivity index (χ3v) is 2.50. The summed E-state index contributed by atoms with van der Waals surface area (Å²) >= 11 is 0. The summed E-state index contributed by atoms with van der Waals surface area (Å²) in [5.74, 6) is 0. The minimum atomic E-state index is -0.182. The van der Waals surface area contributed by atoms with Crippen molar-refractivity contribution in [1.29, 1.82) is 0 Å². The van der Waals surface area contributed by atoms with Crippen molar-refractivity contribution in [2.24, 2.45) is 0 Å². The molecule has 0 saturated carbocycles. The summed E-state index contributed by atoms with van der Waals surface area (Å²) in [6.45, 7) is 4.20. The highest BCUT2D eigenvalue weighted by atomic mass is 16.3. The zero-order valence-electron chi connectivity index (χ0n) is 8.71. The van der Waals surface area contributed by atoms with Gasteiger partial charge in [0.05, 0.1) is 6.10 Å². The number of aliphatic hydroxyl groups is 1. The second kappa shape index (κ2) is 5.23. The molecule has 74 valence electrons. The molecule has 0 saturated heterocycles. The lowest BCUT2D eigenvalue weighted by Crippen LogP contribution is -2.07. The highest BCUT2D eigenvalue weighted by Gasteiger charge is 2.12. The Kier molecular flexibility index (Phi) is 4.23. The van der Waals surface area contributed by atoms with Crippen molar-refractivity contribution < 1.29 is 5.11 Å². The summed E-state index contributed by atoms with van der Waals surface area (Å²) in [5.41, 5.74) is 2.61. The van der Waals surface area contributed by atoms with E-state index < -0.39 is 0 Å². The van der Waals surface area contributed by atoms with E-state index in [4.69, 9.17) is 0 Å². The topological polar surface area (TPSA) is 20.2 Å². The molecule has 0 bridgehead atoms. The molecule has 0 aromatic carbocycles. The maximum absolute atomic E-state index is 9.76. The van der Waals surface area contributed by atoms with Crippen molar-refractivity contribution in [3.8, 4) is 0 Å². The number of rotatable bonds is 4. The van der Waals surface area contributed by atoms with Crippen LogP contribution >= 0.6 is 0 Å². The maximum Gasteiger partial charge on any atom is 0.0753 e. The smallest absolute Gasteiger partial charge is 0.0753 e. The highest BCUT2D eigenvalue weighted by Crippen LogP contribution is 2.23. The summed E-state index contributed by atoms with van der Waals surface area (Å²) in [5, 5.41) is 9.76. The van der Waals surface area contributed by atoms with E-state index in [2.05, 4.69) is 26.0 Å². The normalized spacial score (nSPS) is 18.2. The van der Waals surface area contributed by atoms with E-state index >= 15 is 0 Å². The van der Waals surface area contributed by atoms with Crippen LogP contribution in [0.4, 0.5) is 0 Å². The van der Waals surface area contributed by atoms with E-state index in [0.29, 0.717) is 0 Å². The molecule has 1 atom stereocenters. The molecule has 1 heteroatoms. The number of allylic oxidation sites excluding steroid dienone is 3. The minimum absolute atomic E-state index is 0.182. The van der Waals surface area contributed by atoms with Gasteiger partial charge in [0.15, 0.2) is 0 Å². The second-order valence-corrected chi connectivity index (χ2v) is 4.05. The molecule has 1 nitrogen and oxygen atoms in total. The van der Waals surface area contributed by atoms with E-state index in [0.717, 1.165) is 25.7 Å². The first-order valence-electron chi connectivity index (χ1n) is 5.20. The Bertz CT molecular complexity index is 209. The Morgan fingerprint density at radius 2 is 2.38 bits per heavy atom. The standard InChI is InChI=1S/C12H20O/c1-10(2)6-5-9-12(13)11-7-3-4-8-11/h6-7,12-13H,3-5,8-9H2,1-2H3. The fourth-order valence-corrected chi connectivity index (χ4v) is 1.71. The van der Waals surface area contributed by atoms with Crippen molar-refractivity contribution >= 4 is 0 Å². The molecule has 0 heterocycles. The highest BCUT2D eigenvalue weighted by molar-refractivity contribution is 5.12. The fraction of sp³-hybridized carbons (Fsp3) is 0.667. The van der Waals surface area contributed by atoms with Gasteiger partial charge >= 0.3 is 0 Å². The Balaban J connectivity index is 2.25. The molecule has 1 rings (SSSR count). The third kappa shape index (κ3) is 3.77. The molecule has 0 radical (unpaired) electrons. The first-order valence-corrected chi connectivity index (χ1v) is 5.20. The third-order valence-electron chi connectivity index (χ3n) is 2.50. The molecular weight excluding hydrogens is 160 g/mol. The SMILES string of the molecule is CC(C)=CCCC(O)C1=CCCC1. The van der Waals surface area contributed by atoms with Gasteiger partial charge in [0.2, 0.25) is 0 Å². The van der Waals surface area contributed by atoms with Crippen molar-refractivity contribution in [3.05, 3.63) is 23.3 Å². The molecule has 0 spiro atoms. The number of hydrogen-bond donors (Lipinski definition) is 1. The van der Waals surface area contributed by atoms with Gasteiger partial charge in [0.1, 0.15) is 0 Å². The molecule has 1 N–H and O–H groups in total. The van der Waals surface area contributed by atoms with Crippen LogP contribution < -0.4 is 0 Å². The predicted octanol–water partition coefficient (Wildman–Crippen LogP) is 3.20. The Morgan fingerprint density at radius 3 is 2.92 bits per heavy atom. The molecule has 13 heavy (non-hydrogen) atoms. The fourth-order valence-electron chi connectivity index (χ4n) is 1.71. The van der Waals surface area contributed by atoms with Crippen LogP contribution in [0.15, 0.2) is 23.3 Å². The van der Waals surface area contributed by atoms with Crippen molar-refractivity contribution in [3.63, 3.8) is 0 Å². The minimum Gasteiger partial charge on any atom is -0.389 e. The van der Waals surface area contributed by atoms with E-state index in [-0.39, 0.29) is 6.10 Å². The van der Waals surface area contributed by atoms with Gasteiger partial charge in [-0.3, -0.25) is 0 Å². The Morgan fingerprint density at radius 1 is 1.62 bits per heavy atom. The average Bonchev–Trinajstić information content (AvgIpc) is 2.55. The van der Waals surface area contributed by atoms with Crippen LogP contribution in [0.1, 0.15) is 46.0 Å². The number of hydrogen-bond acceptors (Lipinski definition) is 1. The van der Waals surface area contributed by atoms with Crippen LogP contribution in [-0.2, 0) is 0 Å². The quantitative estimate of drug-likeness (QED) is 0.659. The van der Waals surface area contributed by atoms with Crippen LogP contribution in [0.5, 0.6) is 0 Å². The molecule has 1 aliphatic rings. The van der Waals surface area contributed by atoms with E-state index in [1.165, 1.54) is 17.6 Å². The molecule has 0 aromatic heterocycles. The largest absolute Gasteiger partial charge is 0.389 e. The first-order chi connectivity index (χ1) is 6.20. The molecule has 1 aliphatic carbocycles. The molecule has 0 aromatic rings. The zero-order chi connectivity index (χ0) is 9.68. The Labute approximate surface area is 81.2 Å². The zero-order valence-corrected chi connectivity index (χ0v) is 8.71. The van der Waals surface area contributed by atoms with Gasteiger partial charge in [-0.15, -0.1) is 0 Å². The van der Waals surface area contributed by atoms with Gasteiger partial charge in [-0.05, 0) is 51.5 Å². The van der Waals surface area contributed by atoms with E-state index in [9.17, 15) is 5.11 Å². The van der Waals surface area contributed by atoms with Crippen LogP contribution in [0.2, 0.25) is 0 Å². The van der Waals surface area contributed by atoms with E-state index in [1.54, 1.807) is 0 Å². The summed E-state index contributed by atoms with van der Waals surface area (Å²) in [4.78, 5) is 0. The molecular formula is C12H20O. The van der Waals surface area contributed by atoms with Gasteiger partial charge < -0.3 is 5.11 Å². The molecule has 0 fully saturated rings.